The molecule has 0 unspecified atom stereocenters. The topological polar surface area (TPSA) is 75.6 Å². The Bertz CT molecular complexity index is 776. The highest BCUT2D eigenvalue weighted by Gasteiger charge is 2.29. The van der Waals surface area contributed by atoms with Crippen molar-refractivity contribution < 1.29 is 24.1 Å². The minimum atomic E-state index is -1.05. The van der Waals surface area contributed by atoms with Gasteiger partial charge in [-0.2, -0.15) is 0 Å². The van der Waals surface area contributed by atoms with Crippen molar-refractivity contribution in [3.8, 4) is 11.1 Å². The lowest BCUT2D eigenvalue weighted by molar-refractivity contribution is -0.139. The van der Waals surface area contributed by atoms with Crippen LogP contribution in [0.2, 0.25) is 0 Å². The maximum Gasteiger partial charge on any atom is 0.407 e. The van der Waals surface area contributed by atoms with Crippen LogP contribution in [-0.2, 0) is 9.53 Å². The summed E-state index contributed by atoms with van der Waals surface area (Å²) in [6, 6.07) is 15.2. The van der Waals surface area contributed by atoms with E-state index in [-0.39, 0.29) is 23.1 Å². The average Bonchev–Trinajstić information content (AvgIpc) is 2.93. The largest absolute Gasteiger partial charge is 0.480 e. The lowest BCUT2D eigenvalue weighted by Crippen LogP contribution is -2.42. The molecule has 2 N–H and O–H groups in total. The van der Waals surface area contributed by atoms with Crippen molar-refractivity contribution in [3.05, 3.63) is 59.7 Å². The second-order valence-corrected chi connectivity index (χ2v) is 6.99. The summed E-state index contributed by atoms with van der Waals surface area (Å²) in [7, 11) is 0. The molecule has 6 heteroatoms. The number of carboxylic acids is 1. The van der Waals surface area contributed by atoms with Crippen LogP contribution < -0.4 is 5.32 Å². The smallest absolute Gasteiger partial charge is 0.407 e. The second-order valence-electron chi connectivity index (χ2n) is 6.99. The Morgan fingerprint density at radius 2 is 1.56 bits per heavy atom. The number of hydrogen-bond acceptors (Lipinski definition) is 3. The predicted octanol–water partition coefficient (Wildman–Crippen LogP) is 4.18. The van der Waals surface area contributed by atoms with Crippen LogP contribution in [0.3, 0.4) is 0 Å². The predicted molar refractivity (Wildman–Crippen MR) is 102 cm³/mol. The van der Waals surface area contributed by atoms with Crippen LogP contribution in [0.25, 0.3) is 11.1 Å². The monoisotopic (exact) mass is 373 g/mol. The van der Waals surface area contributed by atoms with Crippen LogP contribution in [0.15, 0.2) is 48.5 Å². The van der Waals surface area contributed by atoms with Gasteiger partial charge in [-0.3, -0.25) is 4.70 Å². The van der Waals surface area contributed by atoms with Gasteiger partial charge in [-0.25, -0.2) is 9.59 Å². The molecule has 0 aliphatic heterocycles. The van der Waals surface area contributed by atoms with E-state index in [0.29, 0.717) is 6.42 Å². The summed E-state index contributed by atoms with van der Waals surface area (Å²) in [6.07, 6.45) is -0.334. The Labute approximate surface area is 157 Å². The number of hydrogen-bond donors (Lipinski definition) is 2. The van der Waals surface area contributed by atoms with E-state index in [2.05, 4.69) is 17.4 Å². The lowest BCUT2D eigenvalue weighted by atomic mass is 9.98. The molecule has 27 heavy (non-hydrogen) atoms. The van der Waals surface area contributed by atoms with Crippen molar-refractivity contribution in [2.75, 3.05) is 6.61 Å². The molecule has 0 bridgehead atoms. The quantitative estimate of drug-likeness (QED) is 0.797. The standard InChI is InChI=1S/C21H23NO4.FH/c1-13(2)11-19(20(23)24)22-21(25)26-12-18-16-9-5-3-7-14(16)15-8-4-6-10-17(15)18;/h3-10,13,18-19H,11-12H2,1-2H3,(H,22,25)(H,23,24);1H/t19-;/m0./s1. The van der Waals surface area contributed by atoms with Crippen LogP contribution in [-0.4, -0.2) is 29.8 Å². The molecule has 2 aromatic carbocycles. The number of amides is 1. The number of nitrogens with one attached hydrogen (secondary N) is 1. The Hall–Kier alpha value is -2.89. The Balaban J connectivity index is 0.00000261. The highest BCUT2D eigenvalue weighted by Crippen LogP contribution is 2.44. The van der Waals surface area contributed by atoms with Crippen LogP contribution >= 0.6 is 0 Å². The van der Waals surface area contributed by atoms with Gasteiger partial charge in [0.2, 0.25) is 0 Å². The molecule has 2 aromatic rings. The summed E-state index contributed by atoms with van der Waals surface area (Å²) < 4.78 is 5.39. The van der Waals surface area contributed by atoms with Crippen molar-refractivity contribution in [2.24, 2.45) is 5.92 Å². The molecule has 144 valence electrons. The van der Waals surface area contributed by atoms with Gasteiger partial charge in [-0.05, 0) is 34.6 Å². The van der Waals surface area contributed by atoms with Crippen LogP contribution in [0, 0.1) is 5.92 Å². The Kier molecular flexibility index (Phi) is 6.55. The number of carbonyl (C=O) groups excluding carboxylic acids is 1. The molecule has 1 aliphatic carbocycles. The van der Waals surface area contributed by atoms with Crippen molar-refractivity contribution in [2.45, 2.75) is 32.2 Å². The first-order valence-corrected chi connectivity index (χ1v) is 8.81. The number of carboxylic acid groups (broad SMARTS) is 1. The summed E-state index contributed by atoms with van der Waals surface area (Å²) in [4.78, 5) is 23.4. The second kappa shape index (κ2) is 8.66. The molecule has 0 spiro atoms. The number of halogens is 1. The van der Waals surface area contributed by atoms with E-state index >= 15 is 0 Å². The highest BCUT2D eigenvalue weighted by molar-refractivity contribution is 5.81. The first kappa shape index (κ1) is 20.4. The van der Waals surface area contributed by atoms with Gasteiger partial charge in [0.25, 0.3) is 0 Å². The van der Waals surface area contributed by atoms with E-state index in [1.165, 1.54) is 0 Å². The van der Waals surface area contributed by atoms with E-state index < -0.39 is 18.1 Å². The van der Waals surface area contributed by atoms with E-state index in [4.69, 9.17) is 4.74 Å². The molecule has 3 rings (SSSR count). The highest BCUT2D eigenvalue weighted by atomic mass is 19.0. The number of alkyl carbamates (subject to hydrolysis) is 1. The Morgan fingerprint density at radius 1 is 1.04 bits per heavy atom. The van der Waals surface area contributed by atoms with Gasteiger partial charge in [-0.1, -0.05) is 62.4 Å². The number of ether oxygens (including phenoxy) is 1. The molecular weight excluding hydrogens is 349 g/mol. The molecule has 0 saturated heterocycles. The third kappa shape index (κ3) is 4.45. The van der Waals surface area contributed by atoms with E-state index in [0.717, 1.165) is 22.3 Å². The minimum absolute atomic E-state index is 0. The number of benzene rings is 2. The molecule has 0 saturated carbocycles. The zero-order valence-corrected chi connectivity index (χ0v) is 15.3. The summed E-state index contributed by atoms with van der Waals surface area (Å²) in [5.41, 5.74) is 4.55. The normalized spacial score (nSPS) is 13.3. The SMILES string of the molecule is CC(C)C[C@H](NC(=O)OCC1c2ccccc2-c2ccccc21)C(=O)O.F. The third-order valence-electron chi connectivity index (χ3n) is 4.64. The van der Waals surface area contributed by atoms with Gasteiger partial charge in [0, 0.05) is 5.92 Å². The van der Waals surface area contributed by atoms with Gasteiger partial charge in [0.05, 0.1) is 0 Å². The molecule has 1 atom stereocenters. The summed E-state index contributed by atoms with van der Waals surface area (Å²) in [5.74, 6) is -0.932. The number of aliphatic carboxylic acids is 1. The van der Waals surface area contributed by atoms with E-state index in [1.807, 2.05) is 50.2 Å². The van der Waals surface area contributed by atoms with Crippen molar-refractivity contribution in [1.29, 1.82) is 0 Å². The fourth-order valence-corrected chi connectivity index (χ4v) is 3.48. The summed E-state index contributed by atoms with van der Waals surface area (Å²) in [5, 5.41) is 11.7. The van der Waals surface area contributed by atoms with E-state index in [1.54, 1.807) is 0 Å². The first-order chi connectivity index (χ1) is 12.5. The zero-order chi connectivity index (χ0) is 18.7. The number of rotatable bonds is 6. The third-order valence-corrected chi connectivity index (χ3v) is 4.64. The van der Waals surface area contributed by atoms with Gasteiger partial charge in [-0.15, -0.1) is 0 Å². The molecule has 0 heterocycles. The summed E-state index contributed by atoms with van der Waals surface area (Å²) >= 11 is 0. The minimum Gasteiger partial charge on any atom is -0.480 e. The van der Waals surface area contributed by atoms with Gasteiger partial charge >= 0.3 is 12.1 Å². The van der Waals surface area contributed by atoms with Gasteiger partial charge in [0.15, 0.2) is 0 Å². The van der Waals surface area contributed by atoms with Gasteiger partial charge in [0.1, 0.15) is 12.6 Å². The fourth-order valence-electron chi connectivity index (χ4n) is 3.48. The van der Waals surface area contributed by atoms with Crippen molar-refractivity contribution in [1.82, 2.24) is 5.32 Å². The first-order valence-electron chi connectivity index (χ1n) is 8.81. The summed E-state index contributed by atoms with van der Waals surface area (Å²) in [6.45, 7) is 4.00. The molecule has 0 aromatic heterocycles. The van der Waals surface area contributed by atoms with Crippen LogP contribution in [0.1, 0.15) is 37.3 Å². The van der Waals surface area contributed by atoms with Gasteiger partial charge < -0.3 is 15.2 Å². The molecular formula is C21H24FNO4. The van der Waals surface area contributed by atoms with Crippen LogP contribution in [0.5, 0.6) is 0 Å². The molecule has 1 aliphatic rings. The average molecular weight is 373 g/mol. The maximum absolute atomic E-state index is 12.1. The van der Waals surface area contributed by atoms with Crippen molar-refractivity contribution >= 4 is 12.1 Å². The molecule has 1 amide bonds. The molecule has 0 fully saturated rings. The Morgan fingerprint density at radius 3 is 2.04 bits per heavy atom. The van der Waals surface area contributed by atoms with Crippen molar-refractivity contribution in [3.63, 3.8) is 0 Å². The number of fused-ring (bicyclic) bond motifs is 3. The van der Waals surface area contributed by atoms with Crippen LogP contribution in [0.4, 0.5) is 9.50 Å². The molecule has 0 radical (unpaired) electrons. The fraction of sp³-hybridized carbons (Fsp3) is 0.333. The zero-order valence-electron chi connectivity index (χ0n) is 15.3. The van der Waals surface area contributed by atoms with E-state index in [9.17, 15) is 14.7 Å². The molecule has 5 nitrogen and oxygen atoms in total. The lowest BCUT2D eigenvalue weighted by Gasteiger charge is -2.18. The maximum atomic E-state index is 12.1. The number of carbonyl (C=O) groups is 2.